The van der Waals surface area contributed by atoms with E-state index in [0.717, 1.165) is 50.7 Å². The van der Waals surface area contributed by atoms with Gasteiger partial charge < -0.3 is 18.6 Å². The molecule has 0 fully saturated rings. The van der Waals surface area contributed by atoms with Gasteiger partial charge in [-0.15, -0.1) is 0 Å². The lowest BCUT2D eigenvalue weighted by Gasteiger charge is -2.27. The average Bonchev–Trinajstić information content (AvgIpc) is 4.00. The molecule has 3 aromatic heterocycles. The molecule has 0 saturated heterocycles. The Hall–Kier alpha value is -8.60. The van der Waals surface area contributed by atoms with Crippen molar-refractivity contribution in [3.63, 3.8) is 0 Å². The van der Waals surface area contributed by atoms with Crippen molar-refractivity contribution in [1.29, 1.82) is 0 Å². The van der Waals surface area contributed by atoms with Gasteiger partial charge in [-0.05, 0) is 102 Å². The lowest BCUT2D eigenvalue weighted by atomic mass is 10.1. The molecule has 13 rings (SSSR count). The summed E-state index contributed by atoms with van der Waals surface area (Å²) in [5.74, 6) is 0. The summed E-state index contributed by atoms with van der Waals surface area (Å²) in [6.45, 7) is 0. The van der Waals surface area contributed by atoms with E-state index < -0.39 is 0 Å². The van der Waals surface area contributed by atoms with Gasteiger partial charge in [0.1, 0.15) is 0 Å². The van der Waals surface area contributed by atoms with Gasteiger partial charge in [0.2, 0.25) is 0 Å². The minimum Gasteiger partial charge on any atom is -0.310 e. The number of aromatic nitrogens is 3. The van der Waals surface area contributed by atoms with E-state index in [4.69, 9.17) is 0 Å². The summed E-state index contributed by atoms with van der Waals surface area (Å²) < 4.78 is 7.26. The zero-order valence-corrected chi connectivity index (χ0v) is 34.9. The fourth-order valence-electron chi connectivity index (χ4n) is 10.3. The maximum atomic E-state index is 2.48. The molecule has 0 aliphatic heterocycles. The van der Waals surface area contributed by atoms with Gasteiger partial charge in [-0.1, -0.05) is 152 Å². The van der Waals surface area contributed by atoms with Gasteiger partial charge in [-0.3, -0.25) is 0 Å². The summed E-state index contributed by atoms with van der Waals surface area (Å²) in [5, 5.41) is 7.29. The smallest absolute Gasteiger partial charge is 0.0562 e. The normalized spacial score (nSPS) is 11.8. The van der Waals surface area contributed by atoms with Crippen LogP contribution in [0.15, 0.2) is 243 Å². The quantitative estimate of drug-likeness (QED) is 0.157. The van der Waals surface area contributed by atoms with E-state index in [1.54, 1.807) is 0 Å². The van der Waals surface area contributed by atoms with Crippen LogP contribution in [0.1, 0.15) is 0 Å². The molecule has 3 heterocycles. The highest BCUT2D eigenvalue weighted by molar-refractivity contribution is 6.18. The largest absolute Gasteiger partial charge is 0.310 e. The summed E-state index contributed by atoms with van der Waals surface area (Å²) in [4.78, 5) is 2.48. The van der Waals surface area contributed by atoms with Gasteiger partial charge in [0, 0.05) is 60.8 Å². The minimum absolute atomic E-state index is 1.07. The molecule has 0 N–H and O–H groups in total. The van der Waals surface area contributed by atoms with Gasteiger partial charge in [0.15, 0.2) is 0 Å². The van der Waals surface area contributed by atoms with E-state index in [1.165, 1.54) is 60.0 Å². The average molecular weight is 817 g/mol. The van der Waals surface area contributed by atoms with E-state index in [2.05, 4.69) is 261 Å². The van der Waals surface area contributed by atoms with Gasteiger partial charge in [0.25, 0.3) is 0 Å². The first kappa shape index (κ1) is 36.1. The summed E-state index contributed by atoms with van der Waals surface area (Å²) in [5.41, 5.74) is 16.0. The van der Waals surface area contributed by atoms with Crippen LogP contribution in [0.25, 0.3) is 93.6 Å². The Bertz CT molecular complexity index is 3890. The molecule has 0 bridgehead atoms. The zero-order chi connectivity index (χ0) is 42.1. The zero-order valence-electron chi connectivity index (χ0n) is 34.9. The lowest BCUT2D eigenvalue weighted by molar-refractivity contribution is 1.17. The molecule has 0 aliphatic rings. The summed E-state index contributed by atoms with van der Waals surface area (Å²) in [6.07, 6.45) is 0. The number of fused-ring (bicyclic) bond motifs is 9. The van der Waals surface area contributed by atoms with E-state index >= 15 is 0 Å². The maximum absolute atomic E-state index is 2.48. The van der Waals surface area contributed by atoms with Crippen molar-refractivity contribution in [3.05, 3.63) is 243 Å². The number of rotatable bonds is 7. The molecular formula is C60H40N4. The second kappa shape index (κ2) is 14.5. The standard InChI is InChI=1S/C60H40N4/c1-4-18-41(19-5-1)42-20-16-25-45(38-42)64-54-30-14-11-27-49(54)51-37-35-47(40-59(51)64)61(46-34-36-50-48-26-10-13-29-53(48)63(58(50)39-46)44-23-8-3-9-24-44)56-32-17-33-57-60(56)52-28-12-15-31-55(52)62(57)43-21-6-2-7-22-43/h1-40H. The second-order valence-corrected chi connectivity index (χ2v) is 16.6. The Kier molecular flexibility index (Phi) is 8.18. The Balaban J connectivity index is 1.12. The molecule has 64 heavy (non-hydrogen) atoms. The van der Waals surface area contributed by atoms with E-state index in [1.807, 2.05) is 0 Å². The first-order valence-corrected chi connectivity index (χ1v) is 21.9. The fraction of sp³-hybridized carbons (Fsp3) is 0. The van der Waals surface area contributed by atoms with Crippen molar-refractivity contribution >= 4 is 82.5 Å². The summed E-state index contributed by atoms with van der Waals surface area (Å²) in [7, 11) is 0. The van der Waals surface area contributed by atoms with Gasteiger partial charge >= 0.3 is 0 Å². The molecule has 13 aromatic rings. The maximum Gasteiger partial charge on any atom is 0.0562 e. The van der Waals surface area contributed by atoms with Gasteiger partial charge in [-0.25, -0.2) is 0 Å². The van der Waals surface area contributed by atoms with Crippen molar-refractivity contribution in [2.24, 2.45) is 0 Å². The third kappa shape index (κ3) is 5.56. The molecule has 4 nitrogen and oxygen atoms in total. The Morgan fingerprint density at radius 2 is 0.656 bits per heavy atom. The van der Waals surface area contributed by atoms with Crippen LogP contribution in [0.2, 0.25) is 0 Å². The van der Waals surface area contributed by atoms with Crippen molar-refractivity contribution in [3.8, 4) is 28.2 Å². The number of hydrogen-bond acceptors (Lipinski definition) is 1. The van der Waals surface area contributed by atoms with Crippen LogP contribution < -0.4 is 4.90 Å². The third-order valence-corrected chi connectivity index (χ3v) is 13.0. The molecular weight excluding hydrogens is 777 g/mol. The summed E-state index contributed by atoms with van der Waals surface area (Å²) >= 11 is 0. The predicted octanol–water partition coefficient (Wildman–Crippen LogP) is 16.1. The molecule has 4 heteroatoms. The number of benzene rings is 10. The highest BCUT2D eigenvalue weighted by atomic mass is 15.2. The Labute approximate surface area is 370 Å². The van der Waals surface area contributed by atoms with E-state index in [0.29, 0.717) is 0 Å². The van der Waals surface area contributed by atoms with Gasteiger partial charge in [0.05, 0.1) is 38.8 Å². The molecule has 0 saturated carbocycles. The Morgan fingerprint density at radius 3 is 1.25 bits per heavy atom. The van der Waals surface area contributed by atoms with Crippen molar-refractivity contribution < 1.29 is 0 Å². The number of para-hydroxylation sites is 5. The van der Waals surface area contributed by atoms with Crippen molar-refractivity contribution in [2.45, 2.75) is 0 Å². The number of anilines is 3. The third-order valence-electron chi connectivity index (χ3n) is 13.0. The predicted molar refractivity (Wildman–Crippen MR) is 270 cm³/mol. The highest BCUT2D eigenvalue weighted by Gasteiger charge is 2.24. The van der Waals surface area contributed by atoms with Gasteiger partial charge in [-0.2, -0.15) is 0 Å². The van der Waals surface area contributed by atoms with Crippen molar-refractivity contribution in [2.75, 3.05) is 4.90 Å². The van der Waals surface area contributed by atoms with Crippen LogP contribution in [0.4, 0.5) is 17.1 Å². The first-order chi connectivity index (χ1) is 31.8. The monoisotopic (exact) mass is 816 g/mol. The van der Waals surface area contributed by atoms with Crippen LogP contribution >= 0.6 is 0 Å². The fourth-order valence-corrected chi connectivity index (χ4v) is 10.3. The number of hydrogen-bond donors (Lipinski definition) is 0. The van der Waals surface area contributed by atoms with Crippen LogP contribution in [0.5, 0.6) is 0 Å². The SMILES string of the molecule is c1ccc(-c2cccc(-n3c4ccccc4c4ccc(N(c5ccc6c7ccccc7n(-c7ccccc7)c6c5)c5cccc6c5c5ccccc5n6-c5ccccc5)cc43)c2)cc1. The molecule has 0 amide bonds. The van der Waals surface area contributed by atoms with E-state index in [-0.39, 0.29) is 0 Å². The number of nitrogens with zero attached hydrogens (tertiary/aromatic N) is 4. The van der Waals surface area contributed by atoms with Crippen LogP contribution in [0, 0.1) is 0 Å². The van der Waals surface area contributed by atoms with Crippen LogP contribution in [0.3, 0.4) is 0 Å². The molecule has 0 spiro atoms. The topological polar surface area (TPSA) is 18.0 Å². The van der Waals surface area contributed by atoms with Crippen LogP contribution in [-0.2, 0) is 0 Å². The van der Waals surface area contributed by atoms with Crippen molar-refractivity contribution in [1.82, 2.24) is 13.7 Å². The second-order valence-electron chi connectivity index (χ2n) is 16.6. The first-order valence-electron chi connectivity index (χ1n) is 21.9. The van der Waals surface area contributed by atoms with E-state index in [9.17, 15) is 0 Å². The highest BCUT2D eigenvalue weighted by Crippen LogP contribution is 2.47. The molecule has 300 valence electrons. The molecule has 0 radical (unpaired) electrons. The molecule has 10 aromatic carbocycles. The summed E-state index contributed by atoms with van der Waals surface area (Å²) in [6, 6.07) is 88.3. The lowest BCUT2D eigenvalue weighted by Crippen LogP contribution is -2.11. The Morgan fingerprint density at radius 1 is 0.250 bits per heavy atom. The minimum atomic E-state index is 1.07. The molecule has 0 unspecified atom stereocenters. The van der Waals surface area contributed by atoms with Crippen LogP contribution in [-0.4, -0.2) is 13.7 Å². The molecule has 0 atom stereocenters. The molecule has 0 aliphatic carbocycles.